The third-order valence-corrected chi connectivity index (χ3v) is 5.35. The van der Waals surface area contributed by atoms with E-state index in [-0.39, 0.29) is 16.9 Å². The molecule has 0 radical (unpaired) electrons. The Bertz CT molecular complexity index is 391. The molecule has 0 amide bonds. The summed E-state index contributed by atoms with van der Waals surface area (Å²) in [6.45, 7) is 13.5. The van der Waals surface area contributed by atoms with Gasteiger partial charge in [-0.15, -0.1) is 0 Å². The average Bonchev–Trinajstić information content (AvgIpc) is 2.97. The number of aliphatic imine (C=N–C) groups is 1. The van der Waals surface area contributed by atoms with Crippen molar-refractivity contribution in [3.8, 4) is 0 Å². The number of ether oxygens (including phenoxy) is 2. The van der Waals surface area contributed by atoms with Crippen molar-refractivity contribution >= 4 is 16.8 Å². The lowest BCUT2D eigenvalue weighted by molar-refractivity contribution is 0.0347. The van der Waals surface area contributed by atoms with Crippen LogP contribution in [0.15, 0.2) is 4.99 Å². The molecule has 7 heteroatoms. The van der Waals surface area contributed by atoms with Crippen LogP contribution < -0.4 is 10.6 Å². The van der Waals surface area contributed by atoms with Crippen molar-refractivity contribution in [1.29, 1.82) is 0 Å². The lowest BCUT2D eigenvalue weighted by atomic mass is 10.3. The van der Waals surface area contributed by atoms with Gasteiger partial charge in [0.25, 0.3) is 0 Å². The number of guanidine groups is 1. The fourth-order valence-corrected chi connectivity index (χ4v) is 2.94. The van der Waals surface area contributed by atoms with Crippen LogP contribution in [0.2, 0.25) is 0 Å². The van der Waals surface area contributed by atoms with Crippen molar-refractivity contribution in [3.05, 3.63) is 0 Å². The first-order valence-corrected chi connectivity index (χ1v) is 9.77. The lowest BCUT2D eigenvalue weighted by Gasteiger charge is -2.20. The molecule has 136 valence electrons. The maximum Gasteiger partial charge on any atom is 0.191 e. The van der Waals surface area contributed by atoms with Gasteiger partial charge < -0.3 is 20.1 Å². The van der Waals surface area contributed by atoms with Crippen LogP contribution >= 0.6 is 0 Å². The highest BCUT2D eigenvalue weighted by atomic mass is 32.2. The number of hydrogen-bond donors (Lipinski definition) is 2. The van der Waals surface area contributed by atoms with E-state index in [2.05, 4.69) is 22.5 Å². The number of nitrogens with zero attached hydrogens (tertiary/aromatic N) is 1. The summed E-state index contributed by atoms with van der Waals surface area (Å²) in [6.07, 6.45) is 1.19. The van der Waals surface area contributed by atoms with Gasteiger partial charge in [-0.25, -0.2) is 0 Å². The van der Waals surface area contributed by atoms with Crippen LogP contribution in [0.1, 0.15) is 41.0 Å². The first-order valence-electron chi connectivity index (χ1n) is 8.45. The van der Waals surface area contributed by atoms with Gasteiger partial charge in [0.2, 0.25) is 0 Å². The largest absolute Gasteiger partial charge is 0.379 e. The minimum absolute atomic E-state index is 0.154. The fraction of sp³-hybridized carbons (Fsp3) is 0.938. The van der Waals surface area contributed by atoms with E-state index in [1.165, 1.54) is 0 Å². The lowest BCUT2D eigenvalue weighted by Crippen LogP contribution is -2.44. The highest BCUT2D eigenvalue weighted by Crippen LogP contribution is 2.11. The molecule has 0 saturated carbocycles. The summed E-state index contributed by atoms with van der Waals surface area (Å²) >= 11 is 0. The van der Waals surface area contributed by atoms with Crippen molar-refractivity contribution in [3.63, 3.8) is 0 Å². The van der Waals surface area contributed by atoms with E-state index in [1.54, 1.807) is 0 Å². The standard InChI is InChI=1S/C16H33N3O3S/c1-6-17-15(18-8-10-23(20)16(3,4)5)19-13(2)11-22-14-7-9-21-12-14/h13-14H,6-12H2,1-5H3,(H2,17,18,19). The van der Waals surface area contributed by atoms with Crippen molar-refractivity contribution in [2.45, 2.75) is 57.9 Å². The average molecular weight is 348 g/mol. The van der Waals surface area contributed by atoms with E-state index in [0.717, 1.165) is 25.5 Å². The molecule has 1 fully saturated rings. The second-order valence-corrected chi connectivity index (χ2v) is 9.11. The highest BCUT2D eigenvalue weighted by Gasteiger charge is 2.19. The summed E-state index contributed by atoms with van der Waals surface area (Å²) in [5.41, 5.74) is 0. The molecule has 0 aliphatic carbocycles. The zero-order valence-electron chi connectivity index (χ0n) is 15.2. The zero-order valence-corrected chi connectivity index (χ0v) is 16.0. The van der Waals surface area contributed by atoms with Crippen LogP contribution in [0.5, 0.6) is 0 Å². The van der Waals surface area contributed by atoms with Gasteiger partial charge in [0.1, 0.15) is 0 Å². The molecule has 3 atom stereocenters. The van der Waals surface area contributed by atoms with Gasteiger partial charge in [-0.2, -0.15) is 0 Å². The molecule has 6 nitrogen and oxygen atoms in total. The van der Waals surface area contributed by atoms with E-state index in [4.69, 9.17) is 9.47 Å². The molecular weight excluding hydrogens is 314 g/mol. The van der Waals surface area contributed by atoms with Crippen LogP contribution in [-0.4, -0.2) is 65.7 Å². The van der Waals surface area contributed by atoms with Crippen molar-refractivity contribution in [2.75, 3.05) is 38.7 Å². The predicted molar refractivity (Wildman–Crippen MR) is 96.5 cm³/mol. The van der Waals surface area contributed by atoms with Crippen LogP contribution in [0.25, 0.3) is 0 Å². The number of hydrogen-bond acceptors (Lipinski definition) is 4. The van der Waals surface area contributed by atoms with Gasteiger partial charge in [-0.05, 0) is 41.0 Å². The van der Waals surface area contributed by atoms with E-state index in [0.29, 0.717) is 25.5 Å². The SMILES string of the molecule is CCNC(=NCCS(=O)C(C)(C)C)NC(C)COC1CCOC1. The van der Waals surface area contributed by atoms with Crippen molar-refractivity contribution < 1.29 is 13.7 Å². The second kappa shape index (κ2) is 10.3. The smallest absolute Gasteiger partial charge is 0.191 e. The summed E-state index contributed by atoms with van der Waals surface area (Å²) in [5, 5.41) is 6.54. The zero-order chi connectivity index (χ0) is 17.3. The summed E-state index contributed by atoms with van der Waals surface area (Å²) in [7, 11) is -0.877. The summed E-state index contributed by atoms with van der Waals surface area (Å²) < 4.78 is 23.0. The molecule has 0 aromatic carbocycles. The Labute approximate surface area is 143 Å². The predicted octanol–water partition coefficient (Wildman–Crippen LogP) is 1.28. The quantitative estimate of drug-likeness (QED) is 0.511. The minimum Gasteiger partial charge on any atom is -0.379 e. The monoisotopic (exact) mass is 347 g/mol. The first kappa shape index (κ1) is 20.4. The third kappa shape index (κ3) is 8.67. The van der Waals surface area contributed by atoms with E-state index >= 15 is 0 Å². The minimum atomic E-state index is -0.877. The van der Waals surface area contributed by atoms with Gasteiger partial charge in [-0.3, -0.25) is 9.20 Å². The Morgan fingerprint density at radius 3 is 2.78 bits per heavy atom. The third-order valence-electron chi connectivity index (χ3n) is 3.43. The Kier molecular flexibility index (Phi) is 9.09. The molecule has 0 spiro atoms. The number of rotatable bonds is 8. The summed E-state index contributed by atoms with van der Waals surface area (Å²) in [5.74, 6) is 1.32. The Balaban J connectivity index is 2.36. The summed E-state index contributed by atoms with van der Waals surface area (Å²) in [6, 6.07) is 0.154. The molecule has 2 N–H and O–H groups in total. The van der Waals surface area contributed by atoms with Crippen molar-refractivity contribution in [1.82, 2.24) is 10.6 Å². The molecule has 1 rings (SSSR count). The van der Waals surface area contributed by atoms with Gasteiger partial charge >= 0.3 is 0 Å². The Morgan fingerprint density at radius 1 is 1.48 bits per heavy atom. The molecule has 1 aliphatic heterocycles. The molecule has 1 saturated heterocycles. The van der Waals surface area contributed by atoms with Crippen LogP contribution in [0.3, 0.4) is 0 Å². The van der Waals surface area contributed by atoms with Gasteiger partial charge in [0.05, 0.1) is 25.9 Å². The molecule has 3 unspecified atom stereocenters. The van der Waals surface area contributed by atoms with E-state index in [9.17, 15) is 4.21 Å². The van der Waals surface area contributed by atoms with Crippen LogP contribution in [0, 0.1) is 0 Å². The summed E-state index contributed by atoms with van der Waals surface area (Å²) in [4.78, 5) is 4.51. The maximum atomic E-state index is 12.0. The topological polar surface area (TPSA) is 72.0 Å². The van der Waals surface area contributed by atoms with Gasteiger partial charge in [-0.1, -0.05) is 0 Å². The number of nitrogens with one attached hydrogen (secondary N) is 2. The Morgan fingerprint density at radius 2 is 2.22 bits per heavy atom. The normalized spacial score (nSPS) is 22.0. The van der Waals surface area contributed by atoms with Gasteiger partial charge in [0, 0.05) is 40.5 Å². The van der Waals surface area contributed by atoms with E-state index in [1.807, 2.05) is 27.7 Å². The maximum absolute atomic E-state index is 12.0. The van der Waals surface area contributed by atoms with Crippen LogP contribution in [-0.2, 0) is 20.3 Å². The van der Waals surface area contributed by atoms with Crippen LogP contribution in [0.4, 0.5) is 0 Å². The molecule has 1 heterocycles. The molecule has 0 bridgehead atoms. The Hall–Kier alpha value is -0.660. The molecule has 23 heavy (non-hydrogen) atoms. The molecule has 0 aromatic rings. The molecular formula is C16H33N3O3S. The molecule has 1 aliphatic rings. The van der Waals surface area contributed by atoms with Crippen molar-refractivity contribution in [2.24, 2.45) is 4.99 Å². The second-order valence-electron chi connectivity index (χ2n) is 6.79. The fourth-order valence-electron chi connectivity index (χ4n) is 2.07. The van der Waals surface area contributed by atoms with Gasteiger partial charge in [0.15, 0.2) is 5.96 Å². The first-order chi connectivity index (χ1) is 10.8. The van der Waals surface area contributed by atoms with E-state index < -0.39 is 10.8 Å². The molecule has 0 aromatic heterocycles. The highest BCUT2D eigenvalue weighted by molar-refractivity contribution is 7.86.